The number of carboxylic acids is 1. The number of rotatable bonds is 2. The van der Waals surface area contributed by atoms with Crippen molar-refractivity contribution in [3.8, 4) is 0 Å². The van der Waals surface area contributed by atoms with Crippen molar-refractivity contribution in [2.75, 3.05) is 5.73 Å². The van der Waals surface area contributed by atoms with E-state index in [0.29, 0.717) is 23.5 Å². The molecular formula is C10H11N3O2. The topological polar surface area (TPSA) is 81.1 Å². The van der Waals surface area contributed by atoms with E-state index in [1.165, 1.54) is 0 Å². The molecule has 0 bridgehead atoms. The van der Waals surface area contributed by atoms with Crippen LogP contribution in [0.15, 0.2) is 18.2 Å². The third-order valence-corrected chi connectivity index (χ3v) is 2.34. The lowest BCUT2D eigenvalue weighted by Gasteiger charge is -2.03. The van der Waals surface area contributed by atoms with Crippen LogP contribution in [0, 0.1) is 0 Å². The number of nitrogens with zero attached hydrogens (tertiary/aromatic N) is 2. The Kier molecular flexibility index (Phi) is 2.07. The van der Waals surface area contributed by atoms with E-state index < -0.39 is 5.97 Å². The standard InChI is InChI=1S/C10H11N3O2/c1-2-13-8-6(9(14)15)4-3-5-7(8)12-10(13)11/h3-5H,2H2,1H3,(H2,11,12)(H,14,15). The van der Waals surface area contributed by atoms with E-state index >= 15 is 0 Å². The van der Waals surface area contributed by atoms with Crippen molar-refractivity contribution in [3.05, 3.63) is 23.8 Å². The second-order valence-corrected chi connectivity index (χ2v) is 3.19. The quantitative estimate of drug-likeness (QED) is 0.775. The van der Waals surface area contributed by atoms with Crippen LogP contribution in [0.5, 0.6) is 0 Å². The van der Waals surface area contributed by atoms with Gasteiger partial charge in [-0.1, -0.05) is 6.07 Å². The number of aryl methyl sites for hydroxylation is 1. The van der Waals surface area contributed by atoms with Crippen LogP contribution in [0.3, 0.4) is 0 Å². The summed E-state index contributed by atoms with van der Waals surface area (Å²) in [6.07, 6.45) is 0. The highest BCUT2D eigenvalue weighted by Crippen LogP contribution is 2.21. The zero-order valence-electron chi connectivity index (χ0n) is 8.27. The lowest BCUT2D eigenvalue weighted by molar-refractivity contribution is 0.0698. The molecular weight excluding hydrogens is 194 g/mol. The van der Waals surface area contributed by atoms with Gasteiger partial charge in [0.15, 0.2) is 0 Å². The molecule has 78 valence electrons. The lowest BCUT2D eigenvalue weighted by atomic mass is 10.2. The summed E-state index contributed by atoms with van der Waals surface area (Å²) in [5, 5.41) is 9.03. The predicted molar refractivity (Wildman–Crippen MR) is 56.8 cm³/mol. The summed E-state index contributed by atoms with van der Waals surface area (Å²) < 4.78 is 1.69. The fourth-order valence-electron chi connectivity index (χ4n) is 1.70. The first-order chi connectivity index (χ1) is 7.15. The van der Waals surface area contributed by atoms with Gasteiger partial charge in [0.25, 0.3) is 0 Å². The Bertz CT molecular complexity index is 531. The molecule has 0 amide bonds. The highest BCUT2D eigenvalue weighted by molar-refractivity contribution is 6.01. The molecule has 1 aromatic carbocycles. The van der Waals surface area contributed by atoms with E-state index in [9.17, 15) is 4.79 Å². The van der Waals surface area contributed by atoms with Crippen LogP contribution >= 0.6 is 0 Å². The molecule has 0 spiro atoms. The number of nitrogen functional groups attached to an aromatic ring is 1. The molecule has 0 aliphatic carbocycles. The van der Waals surface area contributed by atoms with Crippen molar-refractivity contribution >= 4 is 23.0 Å². The minimum atomic E-state index is -0.963. The first-order valence-electron chi connectivity index (χ1n) is 4.63. The Morgan fingerprint density at radius 3 is 2.93 bits per heavy atom. The van der Waals surface area contributed by atoms with Crippen LogP contribution < -0.4 is 5.73 Å². The summed E-state index contributed by atoms with van der Waals surface area (Å²) in [7, 11) is 0. The van der Waals surface area contributed by atoms with Crippen LogP contribution in [-0.4, -0.2) is 20.6 Å². The molecule has 5 heteroatoms. The average molecular weight is 205 g/mol. The lowest BCUT2D eigenvalue weighted by Crippen LogP contribution is -2.05. The largest absolute Gasteiger partial charge is 0.478 e. The van der Waals surface area contributed by atoms with Crippen molar-refractivity contribution in [2.24, 2.45) is 0 Å². The number of benzene rings is 1. The van der Waals surface area contributed by atoms with Gasteiger partial charge in [0.2, 0.25) is 5.95 Å². The van der Waals surface area contributed by atoms with Crippen molar-refractivity contribution < 1.29 is 9.90 Å². The van der Waals surface area contributed by atoms with Crippen molar-refractivity contribution in [1.29, 1.82) is 0 Å². The second kappa shape index (κ2) is 3.27. The highest BCUT2D eigenvalue weighted by atomic mass is 16.4. The number of anilines is 1. The summed E-state index contributed by atoms with van der Waals surface area (Å²) in [5.41, 5.74) is 7.13. The van der Waals surface area contributed by atoms with E-state index in [1.807, 2.05) is 6.92 Å². The van der Waals surface area contributed by atoms with Crippen molar-refractivity contribution in [1.82, 2.24) is 9.55 Å². The predicted octanol–water partition coefficient (Wildman–Crippen LogP) is 1.34. The summed E-state index contributed by atoms with van der Waals surface area (Å²) in [4.78, 5) is 15.1. The van der Waals surface area contributed by atoms with Crippen LogP contribution in [-0.2, 0) is 6.54 Å². The molecule has 0 unspecified atom stereocenters. The van der Waals surface area contributed by atoms with Gasteiger partial charge in [-0.25, -0.2) is 9.78 Å². The van der Waals surface area contributed by atoms with Gasteiger partial charge in [-0.2, -0.15) is 0 Å². The normalized spacial score (nSPS) is 10.7. The number of carboxylic acid groups (broad SMARTS) is 1. The molecule has 0 aliphatic rings. The molecule has 0 saturated carbocycles. The molecule has 15 heavy (non-hydrogen) atoms. The third kappa shape index (κ3) is 1.32. The number of hydrogen-bond acceptors (Lipinski definition) is 3. The van der Waals surface area contributed by atoms with Crippen molar-refractivity contribution in [3.63, 3.8) is 0 Å². The smallest absolute Gasteiger partial charge is 0.337 e. The van der Waals surface area contributed by atoms with Gasteiger partial charge in [-0.05, 0) is 19.1 Å². The number of hydrogen-bond donors (Lipinski definition) is 2. The van der Waals surface area contributed by atoms with E-state index in [2.05, 4.69) is 4.98 Å². The van der Waals surface area contributed by atoms with Gasteiger partial charge in [0.1, 0.15) is 0 Å². The fraction of sp³-hybridized carbons (Fsp3) is 0.200. The maximum Gasteiger partial charge on any atom is 0.337 e. The molecule has 0 fully saturated rings. The Balaban J connectivity index is 2.87. The highest BCUT2D eigenvalue weighted by Gasteiger charge is 2.14. The minimum Gasteiger partial charge on any atom is -0.478 e. The molecule has 2 aromatic rings. The minimum absolute atomic E-state index is 0.235. The Morgan fingerprint density at radius 2 is 2.33 bits per heavy atom. The fourth-order valence-corrected chi connectivity index (χ4v) is 1.70. The number of aromatic carboxylic acids is 1. The molecule has 1 heterocycles. The molecule has 3 N–H and O–H groups in total. The van der Waals surface area contributed by atoms with Gasteiger partial charge >= 0.3 is 5.97 Å². The maximum atomic E-state index is 11.0. The summed E-state index contributed by atoms with van der Waals surface area (Å²) in [5.74, 6) is -0.614. The first-order valence-corrected chi connectivity index (χ1v) is 4.63. The second-order valence-electron chi connectivity index (χ2n) is 3.19. The van der Waals surface area contributed by atoms with Crippen LogP contribution in [0.4, 0.5) is 5.95 Å². The Hall–Kier alpha value is -2.04. The summed E-state index contributed by atoms with van der Waals surface area (Å²) in [6, 6.07) is 4.97. The number of imidazole rings is 1. The number of para-hydroxylation sites is 1. The molecule has 0 aliphatic heterocycles. The van der Waals surface area contributed by atoms with Gasteiger partial charge in [-0.3, -0.25) is 0 Å². The number of nitrogens with two attached hydrogens (primary N) is 1. The van der Waals surface area contributed by atoms with Crippen LogP contribution in [0.25, 0.3) is 11.0 Å². The monoisotopic (exact) mass is 205 g/mol. The molecule has 5 nitrogen and oxygen atoms in total. The number of fused-ring (bicyclic) bond motifs is 1. The molecule has 1 aromatic heterocycles. The van der Waals surface area contributed by atoms with Gasteiger partial charge in [0.05, 0.1) is 16.6 Å². The number of carbonyl (C=O) groups is 1. The van der Waals surface area contributed by atoms with E-state index in [1.54, 1.807) is 22.8 Å². The first kappa shape index (κ1) is 9.51. The van der Waals surface area contributed by atoms with E-state index in [-0.39, 0.29) is 5.56 Å². The van der Waals surface area contributed by atoms with E-state index in [4.69, 9.17) is 10.8 Å². The zero-order chi connectivity index (χ0) is 11.0. The van der Waals surface area contributed by atoms with Crippen molar-refractivity contribution in [2.45, 2.75) is 13.5 Å². The summed E-state index contributed by atoms with van der Waals surface area (Å²) in [6.45, 7) is 2.50. The maximum absolute atomic E-state index is 11.0. The molecule has 0 radical (unpaired) electrons. The average Bonchev–Trinajstić information content (AvgIpc) is 2.52. The van der Waals surface area contributed by atoms with Gasteiger partial charge in [0, 0.05) is 6.54 Å². The molecule has 0 saturated heterocycles. The Morgan fingerprint density at radius 1 is 1.60 bits per heavy atom. The van der Waals surface area contributed by atoms with Gasteiger partial charge < -0.3 is 15.4 Å². The molecule has 2 rings (SSSR count). The van der Waals surface area contributed by atoms with Gasteiger partial charge in [-0.15, -0.1) is 0 Å². The number of aromatic nitrogens is 2. The SMILES string of the molecule is CCn1c(N)nc2cccc(C(=O)O)c21. The van der Waals surface area contributed by atoms with Crippen LogP contribution in [0.2, 0.25) is 0 Å². The van der Waals surface area contributed by atoms with E-state index in [0.717, 1.165) is 0 Å². The van der Waals surface area contributed by atoms with Crippen LogP contribution in [0.1, 0.15) is 17.3 Å². The zero-order valence-corrected chi connectivity index (χ0v) is 8.27. The molecule has 0 atom stereocenters. The third-order valence-electron chi connectivity index (χ3n) is 2.34. The Labute approximate surface area is 86.1 Å². The summed E-state index contributed by atoms with van der Waals surface area (Å²) >= 11 is 0.